The van der Waals surface area contributed by atoms with E-state index in [2.05, 4.69) is 6.58 Å². The first kappa shape index (κ1) is 17.2. The summed E-state index contributed by atoms with van der Waals surface area (Å²) in [5.74, 6) is -0.716. The number of carbonyl (C=O) groups excluding carboxylic acids is 2. The molecule has 2 atom stereocenters. The smallest absolute Gasteiger partial charge is 0.336 e. The summed E-state index contributed by atoms with van der Waals surface area (Å²) in [6, 6.07) is 9.09. The SMILES string of the molecule is C=CCOC(C)C(=O)OC(C(=O)N1CCCC1)c1ccccc1. The second-order valence-electron chi connectivity index (χ2n) is 5.52. The molecule has 23 heavy (non-hydrogen) atoms. The molecule has 1 amide bonds. The number of amides is 1. The van der Waals surface area contributed by atoms with Crippen LogP contribution in [0, 0.1) is 0 Å². The summed E-state index contributed by atoms with van der Waals surface area (Å²) in [6.45, 7) is 6.83. The standard InChI is InChI=1S/C18H23NO4/c1-3-13-22-14(2)18(21)23-16(15-9-5-4-6-10-15)17(20)19-11-7-8-12-19/h3-6,9-10,14,16H,1,7-8,11-13H2,2H3. The third-order valence-corrected chi connectivity index (χ3v) is 3.77. The van der Waals surface area contributed by atoms with Crippen molar-refractivity contribution in [1.82, 2.24) is 4.90 Å². The van der Waals surface area contributed by atoms with Gasteiger partial charge in [-0.15, -0.1) is 6.58 Å². The first-order valence-corrected chi connectivity index (χ1v) is 7.90. The summed E-state index contributed by atoms with van der Waals surface area (Å²) in [7, 11) is 0. The van der Waals surface area contributed by atoms with Gasteiger partial charge < -0.3 is 14.4 Å². The van der Waals surface area contributed by atoms with Crippen molar-refractivity contribution in [3.63, 3.8) is 0 Å². The zero-order valence-corrected chi connectivity index (χ0v) is 13.4. The van der Waals surface area contributed by atoms with Crippen LogP contribution in [0.15, 0.2) is 43.0 Å². The van der Waals surface area contributed by atoms with Crippen LogP contribution in [0.25, 0.3) is 0 Å². The Kier molecular flexibility index (Phi) is 6.35. The Balaban J connectivity index is 2.11. The number of nitrogens with zero attached hydrogens (tertiary/aromatic N) is 1. The summed E-state index contributed by atoms with van der Waals surface area (Å²) in [5.41, 5.74) is 0.675. The predicted molar refractivity (Wildman–Crippen MR) is 86.7 cm³/mol. The van der Waals surface area contributed by atoms with Crippen molar-refractivity contribution in [3.05, 3.63) is 48.6 Å². The van der Waals surface area contributed by atoms with Gasteiger partial charge in [0, 0.05) is 18.7 Å². The van der Waals surface area contributed by atoms with E-state index in [-0.39, 0.29) is 12.5 Å². The largest absolute Gasteiger partial charge is 0.445 e. The Morgan fingerprint density at radius 1 is 1.26 bits per heavy atom. The molecule has 0 spiro atoms. The maximum absolute atomic E-state index is 12.7. The highest BCUT2D eigenvalue weighted by Gasteiger charge is 2.32. The highest BCUT2D eigenvalue weighted by atomic mass is 16.6. The zero-order valence-electron chi connectivity index (χ0n) is 13.4. The van der Waals surface area contributed by atoms with E-state index in [1.807, 2.05) is 18.2 Å². The maximum Gasteiger partial charge on any atom is 0.336 e. The lowest BCUT2D eigenvalue weighted by atomic mass is 10.1. The molecular weight excluding hydrogens is 294 g/mol. The third kappa shape index (κ3) is 4.66. The van der Waals surface area contributed by atoms with Crippen LogP contribution >= 0.6 is 0 Å². The van der Waals surface area contributed by atoms with Gasteiger partial charge in [-0.1, -0.05) is 36.4 Å². The van der Waals surface area contributed by atoms with E-state index in [1.54, 1.807) is 30.0 Å². The van der Waals surface area contributed by atoms with Crippen LogP contribution in [0.3, 0.4) is 0 Å². The van der Waals surface area contributed by atoms with Crippen LogP contribution in [0.5, 0.6) is 0 Å². The molecule has 5 heteroatoms. The number of benzene rings is 1. The fourth-order valence-corrected chi connectivity index (χ4v) is 2.48. The minimum Gasteiger partial charge on any atom is -0.445 e. The lowest BCUT2D eigenvalue weighted by Crippen LogP contribution is -2.36. The number of ether oxygens (including phenoxy) is 2. The number of hydrogen-bond donors (Lipinski definition) is 0. The van der Waals surface area contributed by atoms with Gasteiger partial charge in [-0.2, -0.15) is 0 Å². The van der Waals surface area contributed by atoms with Crippen molar-refractivity contribution in [1.29, 1.82) is 0 Å². The van der Waals surface area contributed by atoms with Crippen molar-refractivity contribution >= 4 is 11.9 Å². The van der Waals surface area contributed by atoms with Crippen LogP contribution in [-0.4, -0.2) is 42.6 Å². The summed E-state index contributed by atoms with van der Waals surface area (Å²) < 4.78 is 10.8. The Morgan fingerprint density at radius 3 is 2.52 bits per heavy atom. The van der Waals surface area contributed by atoms with Crippen molar-refractivity contribution in [3.8, 4) is 0 Å². The van der Waals surface area contributed by atoms with Crippen LogP contribution < -0.4 is 0 Å². The van der Waals surface area contributed by atoms with Crippen molar-refractivity contribution in [2.75, 3.05) is 19.7 Å². The van der Waals surface area contributed by atoms with E-state index in [0.717, 1.165) is 12.8 Å². The maximum atomic E-state index is 12.7. The van der Waals surface area contributed by atoms with Gasteiger partial charge in [0.2, 0.25) is 6.10 Å². The predicted octanol–water partition coefficient (Wildman–Crippen LogP) is 2.48. The molecule has 1 saturated heterocycles. The molecule has 5 nitrogen and oxygen atoms in total. The van der Waals surface area contributed by atoms with E-state index in [1.165, 1.54) is 0 Å². The van der Waals surface area contributed by atoms with Crippen LogP contribution in [0.2, 0.25) is 0 Å². The Morgan fingerprint density at radius 2 is 1.91 bits per heavy atom. The van der Waals surface area contributed by atoms with Crippen LogP contribution in [0.4, 0.5) is 0 Å². The molecule has 2 unspecified atom stereocenters. The van der Waals surface area contributed by atoms with E-state index >= 15 is 0 Å². The van der Waals surface area contributed by atoms with Gasteiger partial charge in [-0.3, -0.25) is 4.79 Å². The van der Waals surface area contributed by atoms with Crippen molar-refractivity contribution in [2.45, 2.75) is 32.0 Å². The highest BCUT2D eigenvalue weighted by Crippen LogP contribution is 2.23. The average Bonchev–Trinajstić information content (AvgIpc) is 3.12. The fourth-order valence-electron chi connectivity index (χ4n) is 2.48. The van der Waals surface area contributed by atoms with Gasteiger partial charge in [0.05, 0.1) is 6.61 Å². The van der Waals surface area contributed by atoms with Crippen molar-refractivity contribution < 1.29 is 19.1 Å². The molecule has 1 aromatic carbocycles. The molecule has 1 aliphatic rings. The topological polar surface area (TPSA) is 55.8 Å². The van der Waals surface area contributed by atoms with Gasteiger partial charge in [0.1, 0.15) is 0 Å². The van der Waals surface area contributed by atoms with Gasteiger partial charge >= 0.3 is 5.97 Å². The molecule has 0 aliphatic carbocycles. The molecule has 1 aliphatic heterocycles. The Hall–Kier alpha value is -2.14. The van der Waals surface area contributed by atoms with Crippen LogP contribution in [-0.2, 0) is 19.1 Å². The molecule has 0 saturated carbocycles. The molecule has 0 bridgehead atoms. The molecule has 0 aromatic heterocycles. The van der Waals surface area contributed by atoms with E-state index < -0.39 is 18.2 Å². The lowest BCUT2D eigenvalue weighted by molar-refractivity contribution is -0.168. The summed E-state index contributed by atoms with van der Waals surface area (Å²) in [5, 5.41) is 0. The van der Waals surface area contributed by atoms with E-state index in [9.17, 15) is 9.59 Å². The third-order valence-electron chi connectivity index (χ3n) is 3.77. The molecule has 2 rings (SSSR count). The summed E-state index contributed by atoms with van der Waals surface area (Å²) >= 11 is 0. The minimum absolute atomic E-state index is 0.169. The molecular formula is C18H23NO4. The van der Waals surface area contributed by atoms with Gasteiger partial charge in [-0.05, 0) is 19.8 Å². The number of rotatable bonds is 7. The Bertz CT molecular complexity index is 537. The quantitative estimate of drug-likeness (QED) is 0.573. The highest BCUT2D eigenvalue weighted by molar-refractivity contribution is 5.86. The monoisotopic (exact) mass is 317 g/mol. The number of hydrogen-bond acceptors (Lipinski definition) is 4. The first-order chi connectivity index (χ1) is 11.1. The zero-order chi connectivity index (χ0) is 16.7. The van der Waals surface area contributed by atoms with Crippen LogP contribution in [0.1, 0.15) is 31.4 Å². The normalized spacial score (nSPS) is 16.7. The van der Waals surface area contributed by atoms with Gasteiger partial charge in [0.25, 0.3) is 5.91 Å². The second kappa shape index (κ2) is 8.48. The average molecular weight is 317 g/mol. The fraction of sp³-hybridized carbons (Fsp3) is 0.444. The molecule has 0 N–H and O–H groups in total. The van der Waals surface area contributed by atoms with E-state index in [4.69, 9.17) is 9.47 Å². The van der Waals surface area contributed by atoms with E-state index in [0.29, 0.717) is 18.7 Å². The lowest BCUT2D eigenvalue weighted by Gasteiger charge is -2.24. The Labute approximate surface area is 136 Å². The first-order valence-electron chi connectivity index (χ1n) is 7.90. The summed E-state index contributed by atoms with van der Waals surface area (Å²) in [4.78, 5) is 26.7. The minimum atomic E-state index is -0.920. The molecule has 1 fully saturated rings. The second-order valence-corrected chi connectivity index (χ2v) is 5.52. The molecule has 124 valence electrons. The molecule has 1 heterocycles. The number of likely N-dealkylation sites (tertiary alicyclic amines) is 1. The summed E-state index contributed by atoms with van der Waals surface area (Å²) in [6.07, 6.45) is 1.87. The van der Waals surface area contributed by atoms with Crippen molar-refractivity contribution in [2.24, 2.45) is 0 Å². The number of esters is 1. The molecule has 0 radical (unpaired) electrons. The number of carbonyl (C=O) groups is 2. The van der Waals surface area contributed by atoms with Gasteiger partial charge in [-0.25, -0.2) is 4.79 Å². The van der Waals surface area contributed by atoms with Gasteiger partial charge in [0.15, 0.2) is 6.10 Å². The molecule has 1 aromatic rings.